The van der Waals surface area contributed by atoms with Gasteiger partial charge in [-0.2, -0.15) is 5.10 Å². The molecule has 0 unspecified atom stereocenters. The first-order valence-electron chi connectivity index (χ1n) is 10.2. The number of methoxy groups -OCH3 is 3. The molecule has 0 saturated heterocycles. The minimum atomic E-state index is -0.235. The van der Waals surface area contributed by atoms with Crippen LogP contribution in [0.25, 0.3) is 23.0 Å². The maximum Gasteiger partial charge on any atom is 0.204 e. The van der Waals surface area contributed by atoms with Gasteiger partial charge in [0.15, 0.2) is 17.3 Å². The molecular formula is C26H23N3O4. The number of carbonyl (C=O) groups excluding carboxylic acids is 1. The fraction of sp³-hybridized carbons (Fsp3) is 0.115. The molecule has 0 N–H and O–H groups in total. The van der Waals surface area contributed by atoms with E-state index in [9.17, 15) is 4.79 Å². The highest BCUT2D eigenvalue weighted by Gasteiger charge is 2.19. The molecule has 4 aromatic rings. The Morgan fingerprint density at radius 3 is 2.27 bits per heavy atom. The van der Waals surface area contributed by atoms with E-state index in [1.54, 1.807) is 35.3 Å². The Morgan fingerprint density at radius 2 is 1.61 bits per heavy atom. The van der Waals surface area contributed by atoms with Crippen LogP contribution in [0, 0.1) is 0 Å². The number of carbonyl (C=O) groups is 1. The number of aromatic nitrogens is 3. The molecule has 0 fully saturated rings. The van der Waals surface area contributed by atoms with Gasteiger partial charge in [0.05, 0.1) is 32.6 Å². The third-order valence-corrected chi connectivity index (χ3v) is 5.10. The van der Waals surface area contributed by atoms with Crippen molar-refractivity contribution in [2.24, 2.45) is 0 Å². The van der Waals surface area contributed by atoms with Gasteiger partial charge in [0.1, 0.15) is 5.69 Å². The Kier molecular flexibility index (Phi) is 6.50. The van der Waals surface area contributed by atoms with Crippen molar-refractivity contribution < 1.29 is 19.0 Å². The molecule has 0 atom stereocenters. The topological polar surface area (TPSA) is 75.5 Å². The molecule has 2 heterocycles. The number of ether oxygens (including phenoxy) is 3. The van der Waals surface area contributed by atoms with Crippen molar-refractivity contribution in [1.29, 1.82) is 0 Å². The van der Waals surface area contributed by atoms with E-state index < -0.39 is 0 Å². The minimum absolute atomic E-state index is 0.235. The minimum Gasteiger partial charge on any atom is -0.493 e. The van der Waals surface area contributed by atoms with E-state index in [0.29, 0.717) is 22.8 Å². The van der Waals surface area contributed by atoms with E-state index in [-0.39, 0.29) is 5.78 Å². The Balaban J connectivity index is 1.74. The van der Waals surface area contributed by atoms with Gasteiger partial charge in [0, 0.05) is 29.7 Å². The average Bonchev–Trinajstić information content (AvgIpc) is 3.31. The lowest BCUT2D eigenvalue weighted by atomic mass is 10.1. The summed E-state index contributed by atoms with van der Waals surface area (Å²) in [7, 11) is 4.52. The number of hydrogen-bond acceptors (Lipinski definition) is 6. The van der Waals surface area contributed by atoms with Crippen LogP contribution in [0.5, 0.6) is 17.2 Å². The number of rotatable bonds is 8. The highest BCUT2D eigenvalue weighted by atomic mass is 16.5. The summed E-state index contributed by atoms with van der Waals surface area (Å²) in [6.45, 7) is 0. The molecule has 2 aromatic heterocycles. The lowest BCUT2D eigenvalue weighted by Crippen LogP contribution is -2.02. The number of allylic oxidation sites excluding steroid dienone is 1. The average molecular weight is 441 g/mol. The maximum absolute atomic E-state index is 13.1. The van der Waals surface area contributed by atoms with Crippen LogP contribution in [0.15, 0.2) is 79.3 Å². The van der Waals surface area contributed by atoms with Gasteiger partial charge in [-0.15, -0.1) is 0 Å². The number of ketones is 1. The second-order valence-electron chi connectivity index (χ2n) is 7.03. The molecule has 33 heavy (non-hydrogen) atoms. The second kappa shape index (κ2) is 9.82. The van der Waals surface area contributed by atoms with Crippen LogP contribution in [0.2, 0.25) is 0 Å². The molecule has 0 aliphatic rings. The van der Waals surface area contributed by atoms with Gasteiger partial charge in [-0.1, -0.05) is 18.2 Å². The van der Waals surface area contributed by atoms with E-state index in [0.717, 1.165) is 22.5 Å². The molecule has 2 aromatic carbocycles. The maximum atomic E-state index is 13.1. The van der Waals surface area contributed by atoms with Crippen LogP contribution in [0.1, 0.15) is 15.9 Å². The van der Waals surface area contributed by atoms with Crippen molar-refractivity contribution in [2.75, 3.05) is 21.3 Å². The number of nitrogens with zero attached hydrogens (tertiary/aromatic N) is 3. The molecule has 0 saturated carbocycles. The zero-order valence-corrected chi connectivity index (χ0v) is 18.6. The van der Waals surface area contributed by atoms with Gasteiger partial charge >= 0.3 is 0 Å². The Hall–Kier alpha value is -4.39. The predicted molar refractivity (Wildman–Crippen MR) is 126 cm³/mol. The quantitative estimate of drug-likeness (QED) is 0.287. The summed E-state index contributed by atoms with van der Waals surface area (Å²) in [5.41, 5.74) is 3.71. The van der Waals surface area contributed by atoms with E-state index in [1.807, 2.05) is 48.7 Å². The van der Waals surface area contributed by atoms with Crippen LogP contribution in [0.3, 0.4) is 0 Å². The molecule has 0 amide bonds. The van der Waals surface area contributed by atoms with Gasteiger partial charge in [0.2, 0.25) is 5.75 Å². The summed E-state index contributed by atoms with van der Waals surface area (Å²) in [6.07, 6.45) is 8.57. The van der Waals surface area contributed by atoms with Crippen LogP contribution in [0.4, 0.5) is 0 Å². The fourth-order valence-electron chi connectivity index (χ4n) is 3.51. The van der Waals surface area contributed by atoms with Crippen LogP contribution in [-0.2, 0) is 0 Å². The summed E-state index contributed by atoms with van der Waals surface area (Å²) in [6, 6.07) is 16.9. The normalized spacial score (nSPS) is 10.9. The lowest BCUT2D eigenvalue weighted by molar-refractivity contribution is 0.104. The number of benzene rings is 2. The van der Waals surface area contributed by atoms with Gasteiger partial charge in [-0.3, -0.25) is 9.78 Å². The van der Waals surface area contributed by atoms with Crippen molar-refractivity contribution in [3.05, 3.63) is 90.4 Å². The van der Waals surface area contributed by atoms with E-state index in [4.69, 9.17) is 19.3 Å². The largest absolute Gasteiger partial charge is 0.493 e. The molecule has 4 rings (SSSR count). The fourth-order valence-corrected chi connectivity index (χ4v) is 3.51. The highest BCUT2D eigenvalue weighted by Crippen LogP contribution is 2.40. The molecule has 7 heteroatoms. The van der Waals surface area contributed by atoms with Crippen LogP contribution >= 0.6 is 0 Å². The van der Waals surface area contributed by atoms with Crippen molar-refractivity contribution in [1.82, 2.24) is 14.8 Å². The van der Waals surface area contributed by atoms with Gasteiger partial charge in [-0.25, -0.2) is 4.68 Å². The van der Waals surface area contributed by atoms with Crippen LogP contribution in [-0.4, -0.2) is 41.9 Å². The van der Waals surface area contributed by atoms with Gasteiger partial charge in [0.25, 0.3) is 0 Å². The first kappa shape index (κ1) is 21.8. The summed E-state index contributed by atoms with van der Waals surface area (Å²) in [4.78, 5) is 17.2. The zero-order chi connectivity index (χ0) is 23.2. The van der Waals surface area contributed by atoms with E-state index in [2.05, 4.69) is 4.98 Å². The highest BCUT2D eigenvalue weighted by molar-refractivity contribution is 6.09. The molecule has 0 aliphatic heterocycles. The van der Waals surface area contributed by atoms with Crippen molar-refractivity contribution >= 4 is 11.9 Å². The van der Waals surface area contributed by atoms with Gasteiger partial charge in [-0.05, 0) is 48.6 Å². The third-order valence-electron chi connectivity index (χ3n) is 5.10. The predicted octanol–water partition coefficient (Wildman–Crippen LogP) is 4.86. The van der Waals surface area contributed by atoms with E-state index >= 15 is 0 Å². The van der Waals surface area contributed by atoms with Crippen molar-refractivity contribution in [3.8, 4) is 34.2 Å². The summed E-state index contributed by atoms with van der Waals surface area (Å²) >= 11 is 0. The second-order valence-corrected chi connectivity index (χ2v) is 7.03. The Bertz CT molecular complexity index is 1280. The third kappa shape index (κ3) is 4.48. The SMILES string of the molecule is COc1ccc(C(=O)/C=C/c2cn(-c3ccccc3)nc2-c2ccncc2)c(OC)c1OC. The van der Waals surface area contributed by atoms with Gasteiger partial charge < -0.3 is 14.2 Å². The van der Waals surface area contributed by atoms with E-state index in [1.165, 1.54) is 27.4 Å². The molecule has 0 aliphatic carbocycles. The molecular weight excluding hydrogens is 418 g/mol. The molecule has 166 valence electrons. The first-order valence-corrected chi connectivity index (χ1v) is 10.2. The summed E-state index contributed by atoms with van der Waals surface area (Å²) in [5.74, 6) is 0.939. The smallest absolute Gasteiger partial charge is 0.204 e. The first-order chi connectivity index (χ1) is 16.2. The Labute approximate surface area is 191 Å². The Morgan fingerprint density at radius 1 is 0.879 bits per heavy atom. The zero-order valence-electron chi connectivity index (χ0n) is 18.6. The van der Waals surface area contributed by atoms with Crippen molar-refractivity contribution in [2.45, 2.75) is 0 Å². The summed E-state index contributed by atoms with van der Waals surface area (Å²) < 4.78 is 17.9. The standard InChI is InChI=1S/C26H23N3O4/c1-31-23-12-10-21(25(32-2)26(23)33-3)22(30)11-9-19-17-29(20-7-5-4-6-8-20)28-24(19)18-13-15-27-16-14-18/h4-17H,1-3H3/b11-9+. The molecule has 0 bridgehead atoms. The number of pyridine rings is 1. The number of para-hydroxylation sites is 1. The summed E-state index contributed by atoms with van der Waals surface area (Å²) in [5, 5.41) is 4.75. The van der Waals surface area contributed by atoms with Crippen LogP contribution < -0.4 is 14.2 Å². The molecule has 0 radical (unpaired) electrons. The van der Waals surface area contributed by atoms with Crippen molar-refractivity contribution in [3.63, 3.8) is 0 Å². The lowest BCUT2D eigenvalue weighted by Gasteiger charge is -2.14. The monoisotopic (exact) mass is 441 g/mol. The number of hydrogen-bond donors (Lipinski definition) is 0. The molecule has 7 nitrogen and oxygen atoms in total. The molecule has 0 spiro atoms.